The van der Waals surface area contributed by atoms with Gasteiger partial charge in [0.05, 0.1) is 5.92 Å². The number of rotatable bonds is 10. The van der Waals surface area contributed by atoms with E-state index in [-0.39, 0.29) is 29.7 Å². The van der Waals surface area contributed by atoms with Gasteiger partial charge in [-0.2, -0.15) is 0 Å². The number of nitrogens with one attached hydrogen (secondary N) is 1. The molecule has 0 radical (unpaired) electrons. The van der Waals surface area contributed by atoms with Crippen LogP contribution in [0.15, 0.2) is 11.1 Å². The Hall–Kier alpha value is -0.910. The molecule has 0 aromatic heterocycles. The molecule has 3 aliphatic rings. The highest BCUT2D eigenvalue weighted by atomic mass is 16.7. The highest BCUT2D eigenvalue weighted by Crippen LogP contribution is 2.54. The van der Waals surface area contributed by atoms with Gasteiger partial charge in [0.2, 0.25) is 0 Å². The van der Waals surface area contributed by atoms with Crippen LogP contribution in [0.1, 0.15) is 72.6 Å². The van der Waals surface area contributed by atoms with Crippen molar-refractivity contribution in [3.05, 3.63) is 11.1 Å². The third kappa shape index (κ3) is 4.80. The average molecular weight is 394 g/mol. The summed E-state index contributed by atoms with van der Waals surface area (Å²) in [6.45, 7) is 11.6. The van der Waals surface area contributed by atoms with Gasteiger partial charge in [0.1, 0.15) is 6.10 Å². The van der Waals surface area contributed by atoms with Gasteiger partial charge in [-0.15, -0.1) is 0 Å². The Morgan fingerprint density at radius 3 is 2.75 bits per heavy atom. The molecule has 2 aliphatic carbocycles. The monoisotopic (exact) mass is 393 g/mol. The van der Waals surface area contributed by atoms with E-state index in [0.29, 0.717) is 19.1 Å². The van der Waals surface area contributed by atoms with Crippen LogP contribution in [0.5, 0.6) is 0 Å². The lowest BCUT2D eigenvalue weighted by molar-refractivity contribution is -0.145. The number of allylic oxidation sites excluding steroid dienone is 2. The van der Waals surface area contributed by atoms with E-state index in [1.165, 1.54) is 19.3 Å². The molecule has 5 heteroatoms. The molecule has 0 bridgehead atoms. The van der Waals surface area contributed by atoms with Gasteiger partial charge in [-0.3, -0.25) is 4.79 Å². The summed E-state index contributed by atoms with van der Waals surface area (Å²) < 4.78 is 17.0. The molecule has 1 aliphatic heterocycles. The number of hydrogen-bond donors (Lipinski definition) is 1. The van der Waals surface area contributed by atoms with E-state index in [0.717, 1.165) is 38.8 Å². The molecule has 0 aromatic carbocycles. The number of hydrogen-bond acceptors (Lipinski definition) is 5. The van der Waals surface area contributed by atoms with Crippen LogP contribution in [0.25, 0.3) is 0 Å². The molecule has 1 heterocycles. The average Bonchev–Trinajstić information content (AvgIpc) is 2.94. The van der Waals surface area contributed by atoms with Crippen molar-refractivity contribution in [3.63, 3.8) is 0 Å². The highest BCUT2D eigenvalue weighted by molar-refractivity contribution is 5.76. The smallest absolute Gasteiger partial charge is 0.310 e. The van der Waals surface area contributed by atoms with Crippen LogP contribution < -0.4 is 5.32 Å². The molecule has 2 fully saturated rings. The molecule has 0 amide bonds. The van der Waals surface area contributed by atoms with Gasteiger partial charge in [0.25, 0.3) is 0 Å². The van der Waals surface area contributed by atoms with Gasteiger partial charge in [0, 0.05) is 25.7 Å². The molecule has 1 saturated heterocycles. The SMILES string of the molecule is CCOC(CCCNCC1C(=O)OC2CC3(C)CCCC(C)=C3CC21)OCC. The maximum Gasteiger partial charge on any atom is 0.310 e. The van der Waals surface area contributed by atoms with Crippen molar-refractivity contribution < 1.29 is 19.0 Å². The first-order valence-corrected chi connectivity index (χ1v) is 11.3. The van der Waals surface area contributed by atoms with Crippen LogP contribution in [0, 0.1) is 17.3 Å². The van der Waals surface area contributed by atoms with Crippen molar-refractivity contribution in [2.24, 2.45) is 17.3 Å². The van der Waals surface area contributed by atoms with E-state index < -0.39 is 0 Å². The topological polar surface area (TPSA) is 56.8 Å². The van der Waals surface area contributed by atoms with Crippen molar-refractivity contribution in [3.8, 4) is 0 Å². The Morgan fingerprint density at radius 2 is 2.04 bits per heavy atom. The fourth-order valence-corrected chi connectivity index (χ4v) is 5.58. The summed E-state index contributed by atoms with van der Waals surface area (Å²) in [4.78, 5) is 12.6. The van der Waals surface area contributed by atoms with Gasteiger partial charge in [-0.1, -0.05) is 18.1 Å². The molecule has 3 rings (SSSR count). The second kappa shape index (κ2) is 9.73. The Bertz CT molecular complexity index is 569. The van der Waals surface area contributed by atoms with Crippen LogP contribution >= 0.6 is 0 Å². The van der Waals surface area contributed by atoms with E-state index in [4.69, 9.17) is 14.2 Å². The molecule has 160 valence electrons. The summed E-state index contributed by atoms with van der Waals surface area (Å²) in [6, 6.07) is 0. The van der Waals surface area contributed by atoms with Crippen molar-refractivity contribution in [1.82, 2.24) is 5.32 Å². The first-order valence-electron chi connectivity index (χ1n) is 11.3. The quantitative estimate of drug-likeness (QED) is 0.261. The van der Waals surface area contributed by atoms with Crippen LogP contribution in [0.4, 0.5) is 0 Å². The molecule has 1 N–H and O–H groups in total. The van der Waals surface area contributed by atoms with Gasteiger partial charge in [-0.25, -0.2) is 0 Å². The standard InChI is InChI=1S/C23H39NO4/c1-5-26-21(27-6-2)10-8-12-24-15-18-17-13-19-16(3)9-7-11-23(19,4)14-20(17)28-22(18)25/h17-18,20-21,24H,5-15H2,1-4H3. The zero-order valence-electron chi connectivity index (χ0n) is 18.2. The number of ether oxygens (including phenoxy) is 3. The minimum absolute atomic E-state index is 0.00418. The molecule has 4 atom stereocenters. The lowest BCUT2D eigenvalue weighted by Crippen LogP contribution is -2.40. The van der Waals surface area contributed by atoms with Gasteiger partial charge in [0.15, 0.2) is 6.29 Å². The molecule has 0 spiro atoms. The Balaban J connectivity index is 1.49. The van der Waals surface area contributed by atoms with E-state index in [1.807, 2.05) is 13.8 Å². The number of fused-ring (bicyclic) bond motifs is 2. The van der Waals surface area contributed by atoms with Crippen LogP contribution in [-0.4, -0.2) is 44.7 Å². The summed E-state index contributed by atoms with van der Waals surface area (Å²) >= 11 is 0. The van der Waals surface area contributed by atoms with E-state index in [1.54, 1.807) is 11.1 Å². The molecular weight excluding hydrogens is 354 g/mol. The number of carbonyl (C=O) groups is 1. The van der Waals surface area contributed by atoms with E-state index >= 15 is 0 Å². The van der Waals surface area contributed by atoms with E-state index in [2.05, 4.69) is 19.2 Å². The van der Waals surface area contributed by atoms with Crippen molar-refractivity contribution in [2.45, 2.75) is 85.0 Å². The molecule has 28 heavy (non-hydrogen) atoms. The van der Waals surface area contributed by atoms with E-state index in [9.17, 15) is 4.79 Å². The summed E-state index contributed by atoms with van der Waals surface area (Å²) in [5, 5.41) is 3.50. The predicted octanol–water partition coefficient (Wildman–Crippen LogP) is 4.21. The Kier molecular flexibility index (Phi) is 7.57. The van der Waals surface area contributed by atoms with Crippen LogP contribution in [0.3, 0.4) is 0 Å². The van der Waals surface area contributed by atoms with Crippen molar-refractivity contribution >= 4 is 5.97 Å². The maximum absolute atomic E-state index is 12.6. The lowest BCUT2D eigenvalue weighted by atomic mass is 9.59. The normalized spacial score (nSPS) is 32.5. The van der Waals surface area contributed by atoms with Crippen LogP contribution in [0.2, 0.25) is 0 Å². The predicted molar refractivity (Wildman–Crippen MR) is 110 cm³/mol. The third-order valence-electron chi connectivity index (χ3n) is 7.04. The third-order valence-corrected chi connectivity index (χ3v) is 7.04. The van der Waals surface area contributed by atoms with Crippen molar-refractivity contribution in [1.29, 1.82) is 0 Å². The summed E-state index contributed by atoms with van der Waals surface area (Å²) in [7, 11) is 0. The number of esters is 1. The largest absolute Gasteiger partial charge is 0.462 e. The minimum Gasteiger partial charge on any atom is -0.462 e. The molecular formula is C23H39NO4. The van der Waals surface area contributed by atoms with Crippen molar-refractivity contribution in [2.75, 3.05) is 26.3 Å². The van der Waals surface area contributed by atoms with Gasteiger partial charge < -0.3 is 19.5 Å². The molecule has 1 saturated carbocycles. The Labute approximate surface area is 170 Å². The van der Waals surface area contributed by atoms with Gasteiger partial charge >= 0.3 is 5.97 Å². The minimum atomic E-state index is -0.116. The zero-order chi connectivity index (χ0) is 20.1. The summed E-state index contributed by atoms with van der Waals surface area (Å²) in [6.07, 6.45) is 7.63. The fraction of sp³-hybridized carbons (Fsp3) is 0.870. The first-order chi connectivity index (χ1) is 13.5. The molecule has 4 unspecified atom stereocenters. The lowest BCUT2D eigenvalue weighted by Gasteiger charge is -2.45. The second-order valence-corrected chi connectivity index (χ2v) is 9.01. The second-order valence-electron chi connectivity index (χ2n) is 9.01. The number of carbonyl (C=O) groups excluding carboxylic acids is 1. The highest BCUT2D eigenvalue weighted by Gasteiger charge is 2.52. The summed E-state index contributed by atoms with van der Waals surface area (Å²) in [5.74, 6) is 0.339. The summed E-state index contributed by atoms with van der Waals surface area (Å²) in [5.41, 5.74) is 3.44. The molecule has 0 aromatic rings. The van der Waals surface area contributed by atoms with Crippen LogP contribution in [-0.2, 0) is 19.0 Å². The van der Waals surface area contributed by atoms with Gasteiger partial charge in [-0.05, 0) is 77.7 Å². The maximum atomic E-state index is 12.6. The first kappa shape index (κ1) is 21.8. The Morgan fingerprint density at radius 1 is 1.29 bits per heavy atom. The fourth-order valence-electron chi connectivity index (χ4n) is 5.58. The zero-order valence-corrected chi connectivity index (χ0v) is 18.2. The molecule has 5 nitrogen and oxygen atoms in total.